The smallest absolute Gasteiger partial charge is 0.132 e. The summed E-state index contributed by atoms with van der Waals surface area (Å²) in [4.78, 5) is 0. The third kappa shape index (κ3) is 2.34. The van der Waals surface area contributed by atoms with E-state index in [1.54, 1.807) is 12.1 Å². The van der Waals surface area contributed by atoms with Gasteiger partial charge in [0.15, 0.2) is 0 Å². The highest BCUT2D eigenvalue weighted by atomic mass is 19.1. The summed E-state index contributed by atoms with van der Waals surface area (Å²) in [6.45, 7) is 1.59. The number of hydrogen-bond acceptors (Lipinski definition) is 1. The number of halogens is 2. The number of alkyl halides is 1. The van der Waals surface area contributed by atoms with Crippen molar-refractivity contribution in [3.8, 4) is 0 Å². The van der Waals surface area contributed by atoms with Gasteiger partial charge in [-0.25, -0.2) is 8.78 Å². The summed E-state index contributed by atoms with van der Waals surface area (Å²) >= 11 is 0. The van der Waals surface area contributed by atoms with Crippen LogP contribution in [0.25, 0.3) is 0 Å². The maximum atomic E-state index is 14.0. The molecule has 1 aromatic rings. The first-order chi connectivity index (χ1) is 7.29. The van der Waals surface area contributed by atoms with E-state index in [0.29, 0.717) is 6.54 Å². The van der Waals surface area contributed by atoms with Crippen LogP contribution in [0.3, 0.4) is 0 Å². The Kier molecular flexibility index (Phi) is 3.31. The van der Waals surface area contributed by atoms with Crippen molar-refractivity contribution < 1.29 is 8.78 Å². The number of benzene rings is 1. The van der Waals surface area contributed by atoms with Crippen LogP contribution in [0.2, 0.25) is 0 Å². The average molecular weight is 211 g/mol. The largest absolute Gasteiger partial charge is 0.316 e. The zero-order valence-corrected chi connectivity index (χ0v) is 8.55. The number of hydrogen-bond donors (Lipinski definition) is 1. The summed E-state index contributed by atoms with van der Waals surface area (Å²) in [5.74, 6) is -0.522. The topological polar surface area (TPSA) is 12.0 Å². The Bertz CT molecular complexity index is 321. The Hall–Kier alpha value is -0.960. The molecule has 0 amide bonds. The van der Waals surface area contributed by atoms with Crippen LogP contribution in [-0.2, 0) is 0 Å². The molecule has 0 bridgehead atoms. The van der Waals surface area contributed by atoms with E-state index in [9.17, 15) is 8.78 Å². The van der Waals surface area contributed by atoms with Crippen molar-refractivity contribution in [3.63, 3.8) is 0 Å². The van der Waals surface area contributed by atoms with Crippen LogP contribution in [0.15, 0.2) is 24.3 Å². The lowest BCUT2D eigenvalue weighted by Crippen LogP contribution is -2.32. The Labute approximate surface area is 88.5 Å². The van der Waals surface area contributed by atoms with Gasteiger partial charge in [0, 0.05) is 18.0 Å². The summed E-state index contributed by atoms with van der Waals surface area (Å²) in [6, 6.07) is 6.12. The van der Waals surface area contributed by atoms with E-state index in [1.807, 2.05) is 0 Å². The minimum absolute atomic E-state index is 0.0874. The molecule has 0 radical (unpaired) electrons. The van der Waals surface area contributed by atoms with Gasteiger partial charge in [-0.05, 0) is 25.5 Å². The van der Waals surface area contributed by atoms with Crippen molar-refractivity contribution in [2.75, 3.05) is 13.1 Å². The molecule has 15 heavy (non-hydrogen) atoms. The van der Waals surface area contributed by atoms with Crippen LogP contribution in [0.5, 0.6) is 0 Å². The maximum Gasteiger partial charge on any atom is 0.132 e. The Balaban J connectivity index is 2.12. The Morgan fingerprint density at radius 2 is 2.13 bits per heavy atom. The zero-order valence-electron chi connectivity index (χ0n) is 8.55. The molecule has 0 aromatic heterocycles. The molecule has 82 valence electrons. The van der Waals surface area contributed by atoms with Gasteiger partial charge in [0.25, 0.3) is 0 Å². The van der Waals surface area contributed by atoms with Crippen LogP contribution in [-0.4, -0.2) is 13.1 Å². The van der Waals surface area contributed by atoms with Gasteiger partial charge in [-0.15, -0.1) is 0 Å². The van der Waals surface area contributed by atoms with E-state index >= 15 is 0 Å². The second-order valence-corrected chi connectivity index (χ2v) is 4.03. The first-order valence-electron chi connectivity index (χ1n) is 5.38. The normalized spacial score (nSPS) is 23.7. The average Bonchev–Trinajstić information content (AvgIpc) is 2.30. The molecule has 1 heterocycles. The number of piperidine rings is 1. The van der Waals surface area contributed by atoms with Gasteiger partial charge in [-0.1, -0.05) is 18.2 Å². The summed E-state index contributed by atoms with van der Waals surface area (Å²) in [5, 5.41) is 3.14. The SMILES string of the molecule is Fc1ccccc1C(F)C1CCCNC1. The monoisotopic (exact) mass is 211 g/mol. The molecule has 1 fully saturated rings. The third-order valence-corrected chi connectivity index (χ3v) is 2.95. The first kappa shape index (κ1) is 10.6. The van der Waals surface area contributed by atoms with Crippen LogP contribution in [0, 0.1) is 11.7 Å². The van der Waals surface area contributed by atoms with Crippen molar-refractivity contribution >= 4 is 0 Å². The predicted molar refractivity (Wildman–Crippen MR) is 55.8 cm³/mol. The molecule has 0 spiro atoms. The lowest BCUT2D eigenvalue weighted by Gasteiger charge is -2.26. The van der Waals surface area contributed by atoms with Crippen LogP contribution in [0.4, 0.5) is 8.78 Å². The lowest BCUT2D eigenvalue weighted by atomic mass is 9.90. The molecule has 1 aromatic carbocycles. The van der Waals surface area contributed by atoms with Gasteiger partial charge in [-0.3, -0.25) is 0 Å². The molecule has 1 aliphatic rings. The molecule has 1 nitrogen and oxygen atoms in total. The Morgan fingerprint density at radius 1 is 1.33 bits per heavy atom. The van der Waals surface area contributed by atoms with Gasteiger partial charge in [-0.2, -0.15) is 0 Å². The first-order valence-corrected chi connectivity index (χ1v) is 5.38. The van der Waals surface area contributed by atoms with Crippen molar-refractivity contribution in [2.45, 2.75) is 19.0 Å². The minimum Gasteiger partial charge on any atom is -0.316 e. The van der Waals surface area contributed by atoms with E-state index in [2.05, 4.69) is 5.32 Å². The van der Waals surface area contributed by atoms with Gasteiger partial charge >= 0.3 is 0 Å². The van der Waals surface area contributed by atoms with Crippen LogP contribution in [0.1, 0.15) is 24.6 Å². The van der Waals surface area contributed by atoms with E-state index in [0.717, 1.165) is 19.4 Å². The quantitative estimate of drug-likeness (QED) is 0.793. The molecule has 0 saturated carbocycles. The van der Waals surface area contributed by atoms with Crippen molar-refractivity contribution in [2.24, 2.45) is 5.92 Å². The molecule has 0 aliphatic carbocycles. The molecule has 1 aliphatic heterocycles. The lowest BCUT2D eigenvalue weighted by molar-refractivity contribution is 0.190. The fraction of sp³-hybridized carbons (Fsp3) is 0.500. The second-order valence-electron chi connectivity index (χ2n) is 4.03. The summed E-state index contributed by atoms with van der Waals surface area (Å²) in [7, 11) is 0. The number of nitrogens with one attached hydrogen (secondary N) is 1. The molecule has 3 heteroatoms. The fourth-order valence-corrected chi connectivity index (χ4v) is 2.08. The van der Waals surface area contributed by atoms with Crippen LogP contribution < -0.4 is 5.32 Å². The van der Waals surface area contributed by atoms with E-state index in [1.165, 1.54) is 12.1 Å². The zero-order chi connectivity index (χ0) is 10.7. The van der Waals surface area contributed by atoms with Gasteiger partial charge in [0.05, 0.1) is 0 Å². The maximum absolute atomic E-state index is 14.0. The minimum atomic E-state index is -1.18. The van der Waals surface area contributed by atoms with E-state index in [4.69, 9.17) is 0 Å². The molecule has 2 rings (SSSR count). The van der Waals surface area contributed by atoms with Gasteiger partial charge < -0.3 is 5.32 Å². The van der Waals surface area contributed by atoms with Crippen molar-refractivity contribution in [3.05, 3.63) is 35.6 Å². The summed E-state index contributed by atoms with van der Waals surface area (Å²) in [5.41, 5.74) is 0.200. The highest BCUT2D eigenvalue weighted by Gasteiger charge is 2.26. The van der Waals surface area contributed by atoms with Gasteiger partial charge in [0.1, 0.15) is 12.0 Å². The Morgan fingerprint density at radius 3 is 2.80 bits per heavy atom. The van der Waals surface area contributed by atoms with E-state index < -0.39 is 12.0 Å². The molecule has 2 atom stereocenters. The van der Waals surface area contributed by atoms with Crippen LogP contribution >= 0.6 is 0 Å². The predicted octanol–water partition coefficient (Wildman–Crippen LogP) is 2.84. The molecular weight excluding hydrogens is 196 g/mol. The molecule has 2 unspecified atom stereocenters. The van der Waals surface area contributed by atoms with Crippen molar-refractivity contribution in [1.82, 2.24) is 5.32 Å². The highest BCUT2D eigenvalue weighted by Crippen LogP contribution is 2.31. The highest BCUT2D eigenvalue weighted by molar-refractivity contribution is 5.20. The third-order valence-electron chi connectivity index (χ3n) is 2.95. The van der Waals surface area contributed by atoms with E-state index in [-0.39, 0.29) is 11.5 Å². The summed E-state index contributed by atoms with van der Waals surface area (Å²) < 4.78 is 27.3. The molecular formula is C12H15F2N. The molecule has 1 saturated heterocycles. The van der Waals surface area contributed by atoms with Crippen molar-refractivity contribution in [1.29, 1.82) is 0 Å². The van der Waals surface area contributed by atoms with Gasteiger partial charge in [0.2, 0.25) is 0 Å². The fourth-order valence-electron chi connectivity index (χ4n) is 2.08. The molecule has 1 N–H and O–H groups in total. The number of rotatable bonds is 2. The second kappa shape index (κ2) is 4.71. The standard InChI is InChI=1S/C12H15F2N/c13-11-6-2-1-5-10(11)12(14)9-4-3-7-15-8-9/h1-2,5-6,9,12,15H,3-4,7-8H2. The summed E-state index contributed by atoms with van der Waals surface area (Å²) in [6.07, 6.45) is 0.626.